The lowest BCUT2D eigenvalue weighted by Gasteiger charge is -2.18. The molecule has 0 spiro atoms. The molecule has 0 aromatic heterocycles. The van der Waals surface area contributed by atoms with Crippen molar-refractivity contribution in [2.75, 3.05) is 19.0 Å². The Morgan fingerprint density at radius 3 is 2.35 bits per heavy atom. The predicted octanol–water partition coefficient (Wildman–Crippen LogP) is 3.71. The maximum Gasteiger partial charge on any atom is 0.261 e. The Labute approximate surface area is 151 Å². The van der Waals surface area contributed by atoms with Gasteiger partial charge in [-0.25, -0.2) is 4.39 Å². The van der Waals surface area contributed by atoms with E-state index in [2.05, 4.69) is 5.32 Å². The number of imide groups is 1. The summed E-state index contributed by atoms with van der Waals surface area (Å²) in [6.07, 6.45) is 1.40. The molecule has 0 fully saturated rings. The fourth-order valence-electron chi connectivity index (χ4n) is 3.11. The summed E-state index contributed by atoms with van der Waals surface area (Å²) in [6, 6.07) is 11.7. The molecule has 5 nitrogen and oxygen atoms in total. The Hall–Kier alpha value is -2.89. The quantitative estimate of drug-likeness (QED) is 0.769. The average molecular weight is 356 g/mol. The first-order chi connectivity index (χ1) is 12.5. The number of anilines is 1. The number of nitrogens with zero attached hydrogens (tertiary/aromatic N) is 1. The van der Waals surface area contributed by atoms with Crippen LogP contribution in [-0.4, -0.2) is 36.4 Å². The average Bonchev–Trinajstić information content (AvgIpc) is 2.87. The van der Waals surface area contributed by atoms with E-state index in [1.54, 1.807) is 36.4 Å². The Bertz CT molecular complexity index is 803. The molecule has 6 heteroatoms. The third-order valence-corrected chi connectivity index (χ3v) is 4.46. The molecule has 3 rings (SSSR count). The van der Waals surface area contributed by atoms with Gasteiger partial charge in [0.05, 0.1) is 18.2 Å². The van der Waals surface area contributed by atoms with E-state index in [0.29, 0.717) is 29.8 Å². The SMILES string of the molecule is COc1ccc(NC(C)CCCN2C(=O)c3ccccc3C2=O)cc1F. The molecule has 1 unspecified atom stereocenters. The normalized spacial score (nSPS) is 14.3. The molecule has 1 aliphatic heterocycles. The van der Waals surface area contributed by atoms with Crippen LogP contribution in [0.15, 0.2) is 42.5 Å². The minimum atomic E-state index is -0.421. The van der Waals surface area contributed by atoms with E-state index in [4.69, 9.17) is 4.74 Å². The second-order valence-corrected chi connectivity index (χ2v) is 6.34. The van der Waals surface area contributed by atoms with Gasteiger partial charge in [0, 0.05) is 24.3 Å². The Balaban J connectivity index is 1.52. The van der Waals surface area contributed by atoms with Gasteiger partial charge in [-0.1, -0.05) is 12.1 Å². The number of hydrogen-bond acceptors (Lipinski definition) is 4. The number of carbonyl (C=O) groups excluding carboxylic acids is 2. The highest BCUT2D eigenvalue weighted by molar-refractivity contribution is 6.21. The van der Waals surface area contributed by atoms with Crippen LogP contribution in [0.4, 0.5) is 10.1 Å². The van der Waals surface area contributed by atoms with Crippen molar-refractivity contribution in [3.8, 4) is 5.75 Å². The zero-order chi connectivity index (χ0) is 18.7. The largest absolute Gasteiger partial charge is 0.494 e. The number of methoxy groups -OCH3 is 1. The van der Waals surface area contributed by atoms with E-state index in [-0.39, 0.29) is 23.6 Å². The summed E-state index contributed by atoms with van der Waals surface area (Å²) in [7, 11) is 1.42. The lowest BCUT2D eigenvalue weighted by molar-refractivity contribution is 0.0651. The monoisotopic (exact) mass is 356 g/mol. The summed E-state index contributed by atoms with van der Waals surface area (Å²) in [4.78, 5) is 25.9. The zero-order valence-corrected chi connectivity index (χ0v) is 14.8. The number of hydrogen-bond donors (Lipinski definition) is 1. The third kappa shape index (κ3) is 3.54. The van der Waals surface area contributed by atoms with Crippen LogP contribution in [0.25, 0.3) is 0 Å². The number of rotatable bonds is 7. The van der Waals surface area contributed by atoms with Crippen LogP contribution in [0.5, 0.6) is 5.75 Å². The third-order valence-electron chi connectivity index (χ3n) is 4.46. The van der Waals surface area contributed by atoms with Crippen molar-refractivity contribution in [2.45, 2.75) is 25.8 Å². The van der Waals surface area contributed by atoms with Gasteiger partial charge in [0.15, 0.2) is 11.6 Å². The van der Waals surface area contributed by atoms with Crippen LogP contribution in [0, 0.1) is 5.82 Å². The van der Waals surface area contributed by atoms with Gasteiger partial charge in [-0.05, 0) is 44.0 Å². The lowest BCUT2D eigenvalue weighted by atomic mass is 10.1. The number of benzene rings is 2. The van der Waals surface area contributed by atoms with Crippen molar-refractivity contribution in [2.24, 2.45) is 0 Å². The first-order valence-corrected chi connectivity index (χ1v) is 8.56. The molecule has 2 aromatic carbocycles. The van der Waals surface area contributed by atoms with Crippen LogP contribution in [-0.2, 0) is 0 Å². The van der Waals surface area contributed by atoms with E-state index >= 15 is 0 Å². The Morgan fingerprint density at radius 1 is 1.12 bits per heavy atom. The van der Waals surface area contributed by atoms with E-state index in [1.165, 1.54) is 18.1 Å². The highest BCUT2D eigenvalue weighted by Crippen LogP contribution is 2.24. The minimum absolute atomic E-state index is 0.0676. The molecule has 0 saturated heterocycles. The van der Waals surface area contributed by atoms with Gasteiger partial charge in [0.25, 0.3) is 11.8 Å². The number of carbonyl (C=O) groups is 2. The topological polar surface area (TPSA) is 58.6 Å². The van der Waals surface area contributed by atoms with Crippen LogP contribution in [0.3, 0.4) is 0 Å². The fraction of sp³-hybridized carbons (Fsp3) is 0.300. The van der Waals surface area contributed by atoms with Crippen LogP contribution in [0.2, 0.25) is 0 Å². The molecule has 2 amide bonds. The lowest BCUT2D eigenvalue weighted by Crippen LogP contribution is -2.31. The van der Waals surface area contributed by atoms with Crippen LogP contribution in [0.1, 0.15) is 40.5 Å². The summed E-state index contributed by atoms with van der Waals surface area (Å²) in [6.45, 7) is 2.35. The maximum atomic E-state index is 13.7. The van der Waals surface area contributed by atoms with Gasteiger partial charge in [-0.15, -0.1) is 0 Å². The van der Waals surface area contributed by atoms with Gasteiger partial charge in [-0.2, -0.15) is 0 Å². The molecule has 0 aliphatic carbocycles. The number of nitrogens with one attached hydrogen (secondary N) is 1. The first kappa shape index (κ1) is 17.9. The molecule has 1 N–H and O–H groups in total. The molecule has 1 atom stereocenters. The highest BCUT2D eigenvalue weighted by Gasteiger charge is 2.34. The van der Waals surface area contributed by atoms with Gasteiger partial charge in [-0.3, -0.25) is 14.5 Å². The number of amides is 2. The van der Waals surface area contributed by atoms with Crippen LogP contribution < -0.4 is 10.1 Å². The van der Waals surface area contributed by atoms with Crippen molar-refractivity contribution >= 4 is 17.5 Å². The second-order valence-electron chi connectivity index (χ2n) is 6.34. The number of halogens is 1. The standard InChI is InChI=1S/C20H21FN2O3/c1-13(22-14-9-10-18(26-2)17(21)12-14)6-5-11-23-19(24)15-7-3-4-8-16(15)20(23)25/h3-4,7-10,12-13,22H,5-6,11H2,1-2H3. The molecule has 0 bridgehead atoms. The Morgan fingerprint density at radius 2 is 1.77 bits per heavy atom. The molecule has 1 heterocycles. The van der Waals surface area contributed by atoms with Crippen molar-refractivity contribution in [3.63, 3.8) is 0 Å². The molecule has 136 valence electrons. The van der Waals surface area contributed by atoms with Crippen molar-refractivity contribution in [3.05, 3.63) is 59.4 Å². The zero-order valence-electron chi connectivity index (χ0n) is 14.8. The Kier molecular flexibility index (Phi) is 5.21. The summed E-state index contributed by atoms with van der Waals surface area (Å²) in [5.74, 6) is -0.684. The van der Waals surface area contributed by atoms with Gasteiger partial charge in [0.1, 0.15) is 0 Å². The molecule has 0 radical (unpaired) electrons. The van der Waals surface area contributed by atoms with Crippen molar-refractivity contribution in [1.29, 1.82) is 0 Å². The molecule has 0 saturated carbocycles. The van der Waals surface area contributed by atoms with Crippen LogP contribution >= 0.6 is 0 Å². The highest BCUT2D eigenvalue weighted by atomic mass is 19.1. The first-order valence-electron chi connectivity index (χ1n) is 8.56. The van der Waals surface area contributed by atoms with Crippen molar-refractivity contribution in [1.82, 2.24) is 4.90 Å². The van der Waals surface area contributed by atoms with E-state index in [0.717, 1.165) is 6.42 Å². The molecular weight excluding hydrogens is 335 g/mol. The number of ether oxygens (including phenoxy) is 1. The van der Waals surface area contributed by atoms with E-state index in [9.17, 15) is 14.0 Å². The summed E-state index contributed by atoms with van der Waals surface area (Å²) >= 11 is 0. The molecular formula is C20H21FN2O3. The smallest absolute Gasteiger partial charge is 0.261 e. The summed E-state index contributed by atoms with van der Waals surface area (Å²) < 4.78 is 18.6. The molecule has 1 aliphatic rings. The van der Waals surface area contributed by atoms with E-state index < -0.39 is 5.82 Å². The number of fused-ring (bicyclic) bond motifs is 1. The van der Waals surface area contributed by atoms with E-state index in [1.807, 2.05) is 6.92 Å². The molecule has 26 heavy (non-hydrogen) atoms. The minimum Gasteiger partial charge on any atom is -0.494 e. The predicted molar refractivity (Wildman–Crippen MR) is 97.1 cm³/mol. The summed E-state index contributed by atoms with van der Waals surface area (Å²) in [5.41, 5.74) is 1.60. The summed E-state index contributed by atoms with van der Waals surface area (Å²) in [5, 5.41) is 3.22. The van der Waals surface area contributed by atoms with Gasteiger partial charge < -0.3 is 10.1 Å². The van der Waals surface area contributed by atoms with Gasteiger partial charge in [0.2, 0.25) is 0 Å². The fourth-order valence-corrected chi connectivity index (χ4v) is 3.11. The second kappa shape index (κ2) is 7.56. The molecule has 2 aromatic rings. The maximum absolute atomic E-state index is 13.7. The van der Waals surface area contributed by atoms with Gasteiger partial charge >= 0.3 is 0 Å². The van der Waals surface area contributed by atoms with Crippen molar-refractivity contribution < 1.29 is 18.7 Å².